The topological polar surface area (TPSA) is 111 Å². The zero-order valence-electron chi connectivity index (χ0n) is 15.3. The SMILES string of the molecule is COCCNC(=O)COC(=O)[C@@H]1CCCN1S(=O)(=O)c1ccc(OC)cc1. The van der Waals surface area contributed by atoms with Gasteiger partial charge in [-0.2, -0.15) is 4.31 Å². The van der Waals surface area contributed by atoms with Crippen LogP contribution >= 0.6 is 0 Å². The zero-order chi connectivity index (χ0) is 19.9. The molecule has 1 N–H and O–H groups in total. The molecule has 1 aliphatic rings. The van der Waals surface area contributed by atoms with Crippen LogP contribution in [0.3, 0.4) is 0 Å². The lowest BCUT2D eigenvalue weighted by Gasteiger charge is -2.22. The van der Waals surface area contributed by atoms with Crippen molar-refractivity contribution in [2.24, 2.45) is 0 Å². The average Bonchev–Trinajstić information content (AvgIpc) is 3.17. The van der Waals surface area contributed by atoms with Crippen molar-refractivity contribution in [3.8, 4) is 5.75 Å². The van der Waals surface area contributed by atoms with E-state index in [2.05, 4.69) is 5.32 Å². The number of nitrogens with one attached hydrogen (secondary N) is 1. The molecule has 0 saturated carbocycles. The summed E-state index contributed by atoms with van der Waals surface area (Å²) in [6.45, 7) is 0.397. The Balaban J connectivity index is 2.00. The minimum absolute atomic E-state index is 0.0697. The third-order valence-corrected chi connectivity index (χ3v) is 6.04. The number of carbonyl (C=O) groups excluding carboxylic acids is 2. The molecule has 10 heteroatoms. The molecule has 1 fully saturated rings. The first-order valence-electron chi connectivity index (χ1n) is 8.48. The summed E-state index contributed by atoms with van der Waals surface area (Å²) in [6.07, 6.45) is 0.884. The van der Waals surface area contributed by atoms with Gasteiger partial charge < -0.3 is 19.5 Å². The minimum Gasteiger partial charge on any atom is -0.497 e. The molecule has 1 saturated heterocycles. The van der Waals surface area contributed by atoms with E-state index >= 15 is 0 Å². The van der Waals surface area contributed by atoms with Gasteiger partial charge in [0.1, 0.15) is 11.8 Å². The van der Waals surface area contributed by atoms with Gasteiger partial charge in [0.15, 0.2) is 6.61 Å². The van der Waals surface area contributed by atoms with Crippen LogP contribution in [0.15, 0.2) is 29.2 Å². The van der Waals surface area contributed by atoms with Crippen molar-refractivity contribution in [3.63, 3.8) is 0 Å². The number of methoxy groups -OCH3 is 2. The van der Waals surface area contributed by atoms with Gasteiger partial charge in [0.05, 0.1) is 18.6 Å². The Morgan fingerprint density at radius 2 is 1.93 bits per heavy atom. The van der Waals surface area contributed by atoms with Gasteiger partial charge in [0, 0.05) is 20.2 Å². The Hall–Kier alpha value is -2.17. The number of benzene rings is 1. The zero-order valence-corrected chi connectivity index (χ0v) is 16.2. The molecule has 1 atom stereocenters. The fourth-order valence-electron chi connectivity index (χ4n) is 2.72. The van der Waals surface area contributed by atoms with Crippen molar-refractivity contribution in [1.82, 2.24) is 9.62 Å². The highest BCUT2D eigenvalue weighted by Crippen LogP contribution is 2.27. The molecule has 0 spiro atoms. The van der Waals surface area contributed by atoms with E-state index in [0.717, 1.165) is 4.31 Å². The van der Waals surface area contributed by atoms with Crippen LogP contribution in [-0.2, 0) is 29.1 Å². The largest absolute Gasteiger partial charge is 0.497 e. The molecule has 0 unspecified atom stereocenters. The molecule has 0 bridgehead atoms. The Morgan fingerprint density at radius 3 is 2.56 bits per heavy atom. The number of ether oxygens (including phenoxy) is 3. The number of nitrogens with zero attached hydrogens (tertiary/aromatic N) is 1. The van der Waals surface area contributed by atoms with Crippen LogP contribution in [0.2, 0.25) is 0 Å². The fourth-order valence-corrected chi connectivity index (χ4v) is 4.37. The lowest BCUT2D eigenvalue weighted by atomic mass is 10.2. The van der Waals surface area contributed by atoms with Crippen LogP contribution in [0.4, 0.5) is 0 Å². The molecule has 0 radical (unpaired) electrons. The predicted molar refractivity (Wildman–Crippen MR) is 95.8 cm³/mol. The molecular formula is C17H24N2O7S. The lowest BCUT2D eigenvalue weighted by Crippen LogP contribution is -2.42. The van der Waals surface area contributed by atoms with E-state index in [1.165, 1.54) is 26.4 Å². The normalized spacial score (nSPS) is 17.5. The third-order valence-electron chi connectivity index (χ3n) is 4.12. The van der Waals surface area contributed by atoms with Crippen molar-refractivity contribution in [2.45, 2.75) is 23.8 Å². The Morgan fingerprint density at radius 1 is 1.22 bits per heavy atom. The monoisotopic (exact) mass is 400 g/mol. The summed E-state index contributed by atoms with van der Waals surface area (Å²) in [7, 11) is -0.863. The van der Waals surface area contributed by atoms with E-state index in [-0.39, 0.29) is 11.4 Å². The van der Waals surface area contributed by atoms with Crippen LogP contribution in [-0.4, -0.2) is 71.2 Å². The summed E-state index contributed by atoms with van der Waals surface area (Å²) in [4.78, 5) is 24.0. The molecule has 2 rings (SSSR count). The Kier molecular flexibility index (Phi) is 7.57. The van der Waals surface area contributed by atoms with Crippen LogP contribution in [0, 0.1) is 0 Å². The van der Waals surface area contributed by atoms with Crippen molar-refractivity contribution < 1.29 is 32.2 Å². The summed E-state index contributed by atoms with van der Waals surface area (Å²) in [5.41, 5.74) is 0. The van der Waals surface area contributed by atoms with Crippen LogP contribution in [0.25, 0.3) is 0 Å². The molecule has 27 heavy (non-hydrogen) atoms. The number of rotatable bonds is 9. The van der Waals surface area contributed by atoms with Crippen molar-refractivity contribution in [3.05, 3.63) is 24.3 Å². The van der Waals surface area contributed by atoms with Gasteiger partial charge in [-0.3, -0.25) is 9.59 Å². The van der Waals surface area contributed by atoms with Crippen LogP contribution < -0.4 is 10.1 Å². The molecule has 0 aromatic heterocycles. The maximum absolute atomic E-state index is 12.8. The van der Waals surface area contributed by atoms with Crippen LogP contribution in [0.1, 0.15) is 12.8 Å². The number of esters is 1. The van der Waals surface area contributed by atoms with Crippen molar-refractivity contribution in [1.29, 1.82) is 0 Å². The predicted octanol–water partition coefficient (Wildman–Crippen LogP) is 0.154. The van der Waals surface area contributed by atoms with E-state index in [9.17, 15) is 18.0 Å². The first-order chi connectivity index (χ1) is 12.9. The van der Waals surface area contributed by atoms with Gasteiger partial charge in [-0.15, -0.1) is 0 Å². The van der Waals surface area contributed by atoms with Gasteiger partial charge in [-0.25, -0.2) is 8.42 Å². The molecule has 1 aromatic carbocycles. The molecule has 0 aliphatic carbocycles. The Bertz CT molecular complexity index is 749. The van der Waals surface area contributed by atoms with Gasteiger partial charge in [0.2, 0.25) is 10.0 Å². The standard InChI is InChI=1S/C17H24N2O7S/c1-24-11-9-18-16(20)12-26-17(21)15-4-3-10-19(15)27(22,23)14-7-5-13(25-2)6-8-14/h5-8,15H,3-4,9-12H2,1-2H3,(H,18,20)/t15-/m0/s1. The van der Waals surface area contributed by atoms with Crippen molar-refractivity contribution >= 4 is 21.9 Å². The summed E-state index contributed by atoms with van der Waals surface area (Å²) < 4.78 is 41.6. The third kappa shape index (κ3) is 5.41. The van der Waals surface area contributed by atoms with Gasteiger partial charge in [0.25, 0.3) is 5.91 Å². The van der Waals surface area contributed by atoms with E-state index in [4.69, 9.17) is 14.2 Å². The summed E-state index contributed by atoms with van der Waals surface area (Å²) in [5, 5.41) is 2.52. The van der Waals surface area contributed by atoms with E-state index < -0.39 is 34.5 Å². The maximum atomic E-state index is 12.8. The molecule has 1 amide bonds. The number of hydrogen-bond acceptors (Lipinski definition) is 7. The van der Waals surface area contributed by atoms with E-state index in [1.54, 1.807) is 12.1 Å². The summed E-state index contributed by atoms with van der Waals surface area (Å²) >= 11 is 0. The molecule has 1 aliphatic heterocycles. The highest BCUT2D eigenvalue weighted by atomic mass is 32.2. The van der Waals surface area contributed by atoms with Gasteiger partial charge in [-0.1, -0.05) is 0 Å². The molecule has 1 aromatic rings. The quantitative estimate of drug-likeness (QED) is 0.464. The fraction of sp³-hybridized carbons (Fsp3) is 0.529. The van der Waals surface area contributed by atoms with Crippen molar-refractivity contribution in [2.75, 3.05) is 40.5 Å². The first kappa shape index (κ1) is 21.1. The van der Waals surface area contributed by atoms with Crippen LogP contribution in [0.5, 0.6) is 5.75 Å². The smallest absolute Gasteiger partial charge is 0.324 e. The number of sulfonamides is 1. The van der Waals surface area contributed by atoms with Gasteiger partial charge >= 0.3 is 5.97 Å². The Labute approximate surface area is 158 Å². The van der Waals surface area contributed by atoms with E-state index in [1.807, 2.05) is 0 Å². The first-order valence-corrected chi connectivity index (χ1v) is 9.92. The highest BCUT2D eigenvalue weighted by molar-refractivity contribution is 7.89. The average molecular weight is 400 g/mol. The maximum Gasteiger partial charge on any atom is 0.324 e. The summed E-state index contributed by atoms with van der Waals surface area (Å²) in [6, 6.07) is 5.00. The molecule has 1 heterocycles. The second-order valence-corrected chi connectivity index (χ2v) is 7.79. The lowest BCUT2D eigenvalue weighted by molar-refractivity contribution is -0.151. The number of hydrogen-bond donors (Lipinski definition) is 1. The second kappa shape index (κ2) is 9.67. The number of carbonyl (C=O) groups is 2. The van der Waals surface area contributed by atoms with Gasteiger partial charge in [-0.05, 0) is 37.1 Å². The number of amides is 1. The second-order valence-electron chi connectivity index (χ2n) is 5.90. The minimum atomic E-state index is -3.85. The molecular weight excluding hydrogens is 376 g/mol. The summed E-state index contributed by atoms with van der Waals surface area (Å²) in [5.74, 6) is -0.666. The molecule has 150 valence electrons. The highest BCUT2D eigenvalue weighted by Gasteiger charge is 2.40. The van der Waals surface area contributed by atoms with E-state index in [0.29, 0.717) is 31.7 Å². The molecule has 9 nitrogen and oxygen atoms in total.